The molecule has 2 rings (SSSR count). The Morgan fingerprint density at radius 3 is 2.25 bits per heavy atom. The van der Waals surface area contributed by atoms with Gasteiger partial charge < -0.3 is 15.1 Å². The monoisotopic (exact) mass is 331 g/mol. The number of piperazine rings is 1. The standard InChI is InChI=1S/C18H25N3O3/c1-14(15-7-5-4-6-8-15)19-16(23)18(2,3)17(24)21-11-9-20(13-22)10-12-21/h4-8,13-14H,9-12H2,1-3H3,(H,19,23). The van der Waals surface area contributed by atoms with Gasteiger partial charge in [-0.1, -0.05) is 30.3 Å². The zero-order chi connectivity index (χ0) is 17.7. The van der Waals surface area contributed by atoms with E-state index in [0.717, 1.165) is 12.0 Å². The smallest absolute Gasteiger partial charge is 0.237 e. The first-order valence-corrected chi connectivity index (χ1v) is 8.21. The Morgan fingerprint density at radius 1 is 1.12 bits per heavy atom. The Bertz CT molecular complexity index is 593. The van der Waals surface area contributed by atoms with Crippen LogP contribution < -0.4 is 5.32 Å². The predicted molar refractivity (Wildman–Crippen MR) is 91.0 cm³/mol. The SMILES string of the molecule is CC(NC(=O)C(C)(C)C(=O)N1CCN(C=O)CC1)c1ccccc1. The molecule has 24 heavy (non-hydrogen) atoms. The van der Waals surface area contributed by atoms with E-state index in [4.69, 9.17) is 0 Å². The van der Waals surface area contributed by atoms with Gasteiger partial charge in [-0.3, -0.25) is 14.4 Å². The van der Waals surface area contributed by atoms with Crippen molar-refractivity contribution in [3.05, 3.63) is 35.9 Å². The summed E-state index contributed by atoms with van der Waals surface area (Å²) in [6, 6.07) is 9.47. The largest absolute Gasteiger partial charge is 0.349 e. The second-order valence-electron chi connectivity index (χ2n) is 6.66. The van der Waals surface area contributed by atoms with E-state index in [1.54, 1.807) is 23.6 Å². The molecule has 1 atom stereocenters. The van der Waals surface area contributed by atoms with E-state index in [2.05, 4.69) is 5.32 Å². The first-order valence-electron chi connectivity index (χ1n) is 8.21. The van der Waals surface area contributed by atoms with Crippen LogP contribution in [0, 0.1) is 5.41 Å². The van der Waals surface area contributed by atoms with E-state index >= 15 is 0 Å². The van der Waals surface area contributed by atoms with Crippen molar-refractivity contribution in [3.63, 3.8) is 0 Å². The van der Waals surface area contributed by atoms with Gasteiger partial charge in [0.15, 0.2) is 0 Å². The molecule has 0 radical (unpaired) electrons. The molecule has 1 heterocycles. The summed E-state index contributed by atoms with van der Waals surface area (Å²) < 4.78 is 0. The highest BCUT2D eigenvalue weighted by Crippen LogP contribution is 2.22. The van der Waals surface area contributed by atoms with Gasteiger partial charge in [0.05, 0.1) is 6.04 Å². The van der Waals surface area contributed by atoms with Crippen molar-refractivity contribution < 1.29 is 14.4 Å². The molecule has 6 nitrogen and oxygen atoms in total. The van der Waals surface area contributed by atoms with E-state index in [-0.39, 0.29) is 17.9 Å². The van der Waals surface area contributed by atoms with E-state index in [1.165, 1.54) is 0 Å². The minimum absolute atomic E-state index is 0.169. The summed E-state index contributed by atoms with van der Waals surface area (Å²) in [6.45, 7) is 7.13. The van der Waals surface area contributed by atoms with E-state index in [0.29, 0.717) is 26.2 Å². The highest BCUT2D eigenvalue weighted by atomic mass is 16.2. The predicted octanol–water partition coefficient (Wildman–Crippen LogP) is 1.19. The molecule has 130 valence electrons. The molecule has 0 aliphatic carbocycles. The molecule has 1 unspecified atom stereocenters. The third-order valence-corrected chi connectivity index (χ3v) is 4.50. The first-order chi connectivity index (χ1) is 11.4. The van der Waals surface area contributed by atoms with Crippen molar-refractivity contribution in [2.24, 2.45) is 5.41 Å². The van der Waals surface area contributed by atoms with Crippen LogP contribution in [-0.2, 0) is 14.4 Å². The minimum atomic E-state index is -1.15. The third-order valence-electron chi connectivity index (χ3n) is 4.50. The molecular weight excluding hydrogens is 306 g/mol. The van der Waals surface area contributed by atoms with Gasteiger partial charge in [-0.05, 0) is 26.3 Å². The van der Waals surface area contributed by atoms with Crippen molar-refractivity contribution in [3.8, 4) is 0 Å². The van der Waals surface area contributed by atoms with Crippen molar-refractivity contribution in [2.45, 2.75) is 26.8 Å². The van der Waals surface area contributed by atoms with Crippen molar-refractivity contribution in [1.29, 1.82) is 0 Å². The van der Waals surface area contributed by atoms with Gasteiger partial charge >= 0.3 is 0 Å². The summed E-state index contributed by atoms with van der Waals surface area (Å²) in [5, 5.41) is 2.92. The topological polar surface area (TPSA) is 69.7 Å². The maximum atomic E-state index is 12.7. The number of amides is 3. The van der Waals surface area contributed by atoms with Crippen molar-refractivity contribution in [1.82, 2.24) is 15.1 Å². The molecule has 1 saturated heterocycles. The second kappa shape index (κ2) is 7.47. The number of nitrogens with one attached hydrogen (secondary N) is 1. The maximum Gasteiger partial charge on any atom is 0.237 e. The number of carbonyl (C=O) groups excluding carboxylic acids is 3. The average molecular weight is 331 g/mol. The Morgan fingerprint density at radius 2 is 1.71 bits per heavy atom. The molecule has 1 N–H and O–H groups in total. The molecule has 6 heteroatoms. The Balaban J connectivity index is 1.99. The van der Waals surface area contributed by atoms with Crippen LogP contribution >= 0.6 is 0 Å². The van der Waals surface area contributed by atoms with Crippen LogP contribution in [-0.4, -0.2) is 54.2 Å². The lowest BCUT2D eigenvalue weighted by atomic mass is 9.89. The fourth-order valence-corrected chi connectivity index (χ4v) is 2.72. The fraction of sp³-hybridized carbons (Fsp3) is 0.500. The Kier molecular flexibility index (Phi) is 5.59. The van der Waals surface area contributed by atoms with Crippen LogP contribution in [0.25, 0.3) is 0 Å². The third kappa shape index (κ3) is 3.93. The second-order valence-corrected chi connectivity index (χ2v) is 6.66. The Labute approximate surface area is 142 Å². The summed E-state index contributed by atoms with van der Waals surface area (Å²) >= 11 is 0. The lowest BCUT2D eigenvalue weighted by molar-refractivity contribution is -0.150. The summed E-state index contributed by atoms with van der Waals surface area (Å²) in [5.74, 6) is -0.493. The van der Waals surface area contributed by atoms with Crippen molar-refractivity contribution >= 4 is 18.2 Å². The maximum absolute atomic E-state index is 12.7. The van der Waals surface area contributed by atoms with E-state index < -0.39 is 5.41 Å². The summed E-state index contributed by atoms with van der Waals surface area (Å²) in [7, 11) is 0. The molecule has 0 saturated carbocycles. The highest BCUT2D eigenvalue weighted by molar-refractivity contribution is 6.04. The van der Waals surface area contributed by atoms with Gasteiger partial charge in [0.1, 0.15) is 5.41 Å². The molecule has 1 aliphatic rings. The zero-order valence-electron chi connectivity index (χ0n) is 14.5. The molecule has 1 aliphatic heterocycles. The molecule has 1 aromatic rings. The van der Waals surface area contributed by atoms with Gasteiger partial charge in [0.25, 0.3) is 0 Å². The molecule has 0 bridgehead atoms. The average Bonchev–Trinajstić information content (AvgIpc) is 2.61. The van der Waals surface area contributed by atoms with Gasteiger partial charge in [-0.15, -0.1) is 0 Å². The highest BCUT2D eigenvalue weighted by Gasteiger charge is 2.40. The van der Waals surface area contributed by atoms with Gasteiger partial charge in [-0.2, -0.15) is 0 Å². The van der Waals surface area contributed by atoms with Crippen molar-refractivity contribution in [2.75, 3.05) is 26.2 Å². The van der Waals surface area contributed by atoms with Crippen LogP contribution in [0.3, 0.4) is 0 Å². The van der Waals surface area contributed by atoms with Crippen LogP contribution in [0.15, 0.2) is 30.3 Å². The number of hydrogen-bond donors (Lipinski definition) is 1. The Hall–Kier alpha value is -2.37. The molecule has 3 amide bonds. The molecular formula is C18H25N3O3. The lowest BCUT2D eigenvalue weighted by Gasteiger charge is -2.37. The number of carbonyl (C=O) groups is 3. The number of benzene rings is 1. The zero-order valence-corrected chi connectivity index (χ0v) is 14.5. The fourth-order valence-electron chi connectivity index (χ4n) is 2.72. The van der Waals surface area contributed by atoms with Gasteiger partial charge in [0, 0.05) is 26.2 Å². The van der Waals surface area contributed by atoms with Gasteiger partial charge in [0.2, 0.25) is 18.2 Å². The van der Waals surface area contributed by atoms with E-state index in [1.807, 2.05) is 37.3 Å². The molecule has 0 aromatic heterocycles. The van der Waals surface area contributed by atoms with E-state index in [9.17, 15) is 14.4 Å². The van der Waals surface area contributed by atoms with Crippen LogP contribution in [0.1, 0.15) is 32.4 Å². The molecule has 1 fully saturated rings. The quantitative estimate of drug-likeness (QED) is 0.651. The van der Waals surface area contributed by atoms with Gasteiger partial charge in [-0.25, -0.2) is 0 Å². The minimum Gasteiger partial charge on any atom is -0.349 e. The van der Waals surface area contributed by atoms with Crippen LogP contribution in [0.4, 0.5) is 0 Å². The number of hydrogen-bond acceptors (Lipinski definition) is 3. The lowest BCUT2D eigenvalue weighted by Crippen LogP contribution is -2.55. The first kappa shape index (κ1) is 18.0. The molecule has 1 aromatic carbocycles. The summed E-state index contributed by atoms with van der Waals surface area (Å²) in [6.07, 6.45) is 0.793. The van der Waals surface area contributed by atoms with Crippen LogP contribution in [0.5, 0.6) is 0 Å². The number of nitrogens with zero attached hydrogens (tertiary/aromatic N) is 2. The summed E-state index contributed by atoms with van der Waals surface area (Å²) in [5.41, 5.74) is -0.152. The van der Waals surface area contributed by atoms with Crippen LogP contribution in [0.2, 0.25) is 0 Å². The molecule has 0 spiro atoms. The summed E-state index contributed by atoms with van der Waals surface area (Å²) in [4.78, 5) is 39.4. The normalized spacial score (nSPS) is 16.5. The number of rotatable bonds is 5.